The number of unbranched alkanes of at least 4 members (excludes halogenated alkanes) is 34. The lowest BCUT2D eigenvalue weighted by Gasteiger charge is -2.22. The van der Waals surface area contributed by atoms with E-state index < -0.39 is 12.1 Å². The van der Waals surface area contributed by atoms with Crippen molar-refractivity contribution in [2.75, 3.05) is 13.2 Å². The monoisotopic (exact) mass is 806 g/mol. The zero-order valence-electron chi connectivity index (χ0n) is 38.3. The van der Waals surface area contributed by atoms with Gasteiger partial charge < -0.3 is 20.3 Å². The van der Waals surface area contributed by atoms with Crippen LogP contribution in [0.3, 0.4) is 0 Å². The van der Waals surface area contributed by atoms with E-state index in [4.69, 9.17) is 4.74 Å². The summed E-state index contributed by atoms with van der Waals surface area (Å²) < 4.78 is 5.42. The Morgan fingerprint density at radius 2 is 0.842 bits per heavy atom. The molecule has 0 bridgehead atoms. The van der Waals surface area contributed by atoms with Crippen LogP contribution in [0.4, 0.5) is 0 Å². The number of hydrogen-bond donors (Lipinski definition) is 3. The van der Waals surface area contributed by atoms with Gasteiger partial charge in [-0.2, -0.15) is 0 Å². The van der Waals surface area contributed by atoms with Crippen molar-refractivity contribution in [1.29, 1.82) is 0 Å². The molecule has 0 saturated heterocycles. The molecule has 0 aromatic carbocycles. The number of aliphatic hydroxyl groups excluding tert-OH is 2. The molecule has 0 rings (SSSR count). The summed E-state index contributed by atoms with van der Waals surface area (Å²) >= 11 is 0. The minimum absolute atomic E-state index is 0.0354. The molecule has 2 atom stereocenters. The van der Waals surface area contributed by atoms with E-state index in [1.54, 1.807) is 0 Å². The SMILES string of the molecule is CCCC/C=C\CCCCCCCC(=O)OCCCCCCCCCCCC(=O)NC(CO)C(O)CCCCCCCCCCCCCCCCCCCCCC. The molecular formula is C51H99NO5. The first-order chi connectivity index (χ1) is 28.0. The normalized spacial score (nSPS) is 12.7. The third-order valence-electron chi connectivity index (χ3n) is 11.8. The van der Waals surface area contributed by atoms with Crippen LogP contribution in [-0.4, -0.2) is 47.4 Å². The number of amides is 1. The average Bonchev–Trinajstić information content (AvgIpc) is 3.21. The Balaban J connectivity index is 3.49. The summed E-state index contributed by atoms with van der Waals surface area (Å²) in [5.74, 6) is -0.0965. The Hall–Kier alpha value is -1.40. The average molecular weight is 806 g/mol. The highest BCUT2D eigenvalue weighted by Gasteiger charge is 2.20. The molecule has 0 spiro atoms. The molecule has 0 aromatic heterocycles. The molecule has 0 heterocycles. The van der Waals surface area contributed by atoms with Gasteiger partial charge in [0.2, 0.25) is 5.91 Å². The number of rotatable bonds is 47. The Bertz CT molecular complexity index is 847. The molecule has 0 saturated carbocycles. The summed E-state index contributed by atoms with van der Waals surface area (Å²) in [6.45, 7) is 4.86. The van der Waals surface area contributed by atoms with E-state index in [1.165, 1.54) is 186 Å². The molecular weight excluding hydrogens is 707 g/mol. The number of esters is 1. The largest absolute Gasteiger partial charge is 0.466 e. The molecule has 6 heteroatoms. The van der Waals surface area contributed by atoms with Crippen molar-refractivity contribution in [3.63, 3.8) is 0 Å². The van der Waals surface area contributed by atoms with Gasteiger partial charge in [-0.25, -0.2) is 0 Å². The van der Waals surface area contributed by atoms with E-state index in [2.05, 4.69) is 31.3 Å². The molecule has 0 radical (unpaired) electrons. The van der Waals surface area contributed by atoms with Crippen molar-refractivity contribution >= 4 is 11.9 Å². The summed E-state index contributed by atoms with van der Waals surface area (Å²) in [7, 11) is 0. The highest BCUT2D eigenvalue weighted by Crippen LogP contribution is 2.17. The third-order valence-corrected chi connectivity index (χ3v) is 11.8. The molecule has 6 nitrogen and oxygen atoms in total. The van der Waals surface area contributed by atoms with Crippen molar-refractivity contribution < 1.29 is 24.5 Å². The minimum Gasteiger partial charge on any atom is -0.466 e. The predicted molar refractivity (Wildman–Crippen MR) is 246 cm³/mol. The fraction of sp³-hybridized carbons (Fsp3) is 0.922. The maximum atomic E-state index is 12.5. The van der Waals surface area contributed by atoms with Crippen LogP contribution >= 0.6 is 0 Å². The van der Waals surface area contributed by atoms with Gasteiger partial charge in [0, 0.05) is 12.8 Å². The van der Waals surface area contributed by atoms with Gasteiger partial charge in [-0.05, 0) is 44.9 Å². The minimum atomic E-state index is -0.681. The Labute approximate surface area is 355 Å². The van der Waals surface area contributed by atoms with Gasteiger partial charge in [-0.3, -0.25) is 9.59 Å². The van der Waals surface area contributed by atoms with E-state index in [1.807, 2.05) is 0 Å². The van der Waals surface area contributed by atoms with Gasteiger partial charge in [0.05, 0.1) is 25.4 Å². The molecule has 0 aliphatic heterocycles. The fourth-order valence-electron chi connectivity index (χ4n) is 7.86. The maximum absolute atomic E-state index is 12.5. The highest BCUT2D eigenvalue weighted by molar-refractivity contribution is 5.76. The fourth-order valence-corrected chi connectivity index (χ4v) is 7.86. The Morgan fingerprint density at radius 1 is 0.474 bits per heavy atom. The molecule has 57 heavy (non-hydrogen) atoms. The zero-order valence-corrected chi connectivity index (χ0v) is 38.3. The summed E-state index contributed by atoms with van der Waals surface area (Å²) in [6.07, 6.45) is 53.2. The van der Waals surface area contributed by atoms with Gasteiger partial charge in [-0.15, -0.1) is 0 Å². The van der Waals surface area contributed by atoms with Crippen LogP contribution in [0, 0.1) is 0 Å². The van der Waals surface area contributed by atoms with Crippen molar-refractivity contribution in [1.82, 2.24) is 5.32 Å². The lowest BCUT2D eigenvalue weighted by Crippen LogP contribution is -2.45. The van der Waals surface area contributed by atoms with E-state index in [0.717, 1.165) is 57.8 Å². The van der Waals surface area contributed by atoms with E-state index >= 15 is 0 Å². The van der Waals surface area contributed by atoms with Crippen molar-refractivity contribution in [2.24, 2.45) is 0 Å². The maximum Gasteiger partial charge on any atom is 0.305 e. The van der Waals surface area contributed by atoms with E-state index in [0.29, 0.717) is 25.9 Å². The standard InChI is InChI=1S/C51H99NO5/c1-3-5-7-9-11-13-15-16-17-18-19-20-21-22-23-25-27-31-35-39-43-49(54)48(47-53)52-50(55)44-40-36-32-28-26-30-34-38-42-46-57-51(56)45-41-37-33-29-24-14-12-10-8-6-4-2/h10,12,48-49,53-54H,3-9,11,13-47H2,1-2H3,(H,52,55)/b12-10-. The first kappa shape index (κ1) is 55.6. The highest BCUT2D eigenvalue weighted by atomic mass is 16.5. The van der Waals surface area contributed by atoms with Crippen LogP contribution < -0.4 is 5.32 Å². The number of ether oxygens (including phenoxy) is 1. The lowest BCUT2D eigenvalue weighted by molar-refractivity contribution is -0.143. The molecule has 1 amide bonds. The molecule has 0 aliphatic carbocycles. The van der Waals surface area contributed by atoms with Gasteiger partial charge in [-0.1, -0.05) is 231 Å². The molecule has 0 aliphatic rings. The zero-order chi connectivity index (χ0) is 41.5. The molecule has 3 N–H and O–H groups in total. The second-order valence-corrected chi connectivity index (χ2v) is 17.5. The number of carbonyl (C=O) groups excluding carboxylic acids is 2. The van der Waals surface area contributed by atoms with E-state index in [-0.39, 0.29) is 18.5 Å². The second-order valence-electron chi connectivity index (χ2n) is 17.5. The van der Waals surface area contributed by atoms with Gasteiger partial charge in [0.15, 0.2) is 0 Å². The Kier molecular flexibility index (Phi) is 46.1. The summed E-state index contributed by atoms with van der Waals surface area (Å²) in [6, 6.07) is -0.561. The van der Waals surface area contributed by atoms with Crippen LogP contribution in [-0.2, 0) is 14.3 Å². The van der Waals surface area contributed by atoms with Crippen molar-refractivity contribution in [3.8, 4) is 0 Å². The summed E-state index contributed by atoms with van der Waals surface area (Å²) in [4.78, 5) is 24.4. The van der Waals surface area contributed by atoms with Gasteiger partial charge in [0.25, 0.3) is 0 Å². The van der Waals surface area contributed by atoms with Crippen LogP contribution in [0.1, 0.15) is 277 Å². The van der Waals surface area contributed by atoms with Crippen LogP contribution in [0.5, 0.6) is 0 Å². The van der Waals surface area contributed by atoms with Crippen LogP contribution in [0.25, 0.3) is 0 Å². The summed E-state index contributed by atoms with van der Waals surface area (Å²) in [5, 5.41) is 23.2. The van der Waals surface area contributed by atoms with Gasteiger partial charge in [0.1, 0.15) is 0 Å². The predicted octanol–water partition coefficient (Wildman–Crippen LogP) is 15.0. The quantitative estimate of drug-likeness (QED) is 0.0323. The number of carbonyl (C=O) groups is 2. The molecule has 338 valence electrons. The van der Waals surface area contributed by atoms with Crippen molar-refractivity contribution in [2.45, 2.75) is 289 Å². The summed E-state index contributed by atoms with van der Waals surface area (Å²) in [5.41, 5.74) is 0. The number of allylic oxidation sites excluding steroid dienone is 2. The molecule has 0 aromatic rings. The smallest absolute Gasteiger partial charge is 0.305 e. The number of aliphatic hydroxyl groups is 2. The topological polar surface area (TPSA) is 95.9 Å². The van der Waals surface area contributed by atoms with Gasteiger partial charge >= 0.3 is 5.97 Å². The number of hydrogen-bond acceptors (Lipinski definition) is 5. The van der Waals surface area contributed by atoms with Crippen molar-refractivity contribution in [3.05, 3.63) is 12.2 Å². The second kappa shape index (κ2) is 47.3. The first-order valence-corrected chi connectivity index (χ1v) is 25.4. The first-order valence-electron chi connectivity index (χ1n) is 25.4. The van der Waals surface area contributed by atoms with E-state index in [9.17, 15) is 19.8 Å². The Morgan fingerprint density at radius 3 is 1.30 bits per heavy atom. The number of nitrogens with one attached hydrogen (secondary N) is 1. The molecule has 2 unspecified atom stereocenters. The van der Waals surface area contributed by atoms with Crippen LogP contribution in [0.2, 0.25) is 0 Å². The third kappa shape index (κ3) is 44.0. The lowest BCUT2D eigenvalue weighted by atomic mass is 10.0. The molecule has 0 fully saturated rings. The van der Waals surface area contributed by atoms with Crippen LogP contribution in [0.15, 0.2) is 12.2 Å².